The maximum Gasteiger partial charge on any atom is 0.308 e. The third-order valence-electron chi connectivity index (χ3n) is 4.64. The van der Waals surface area contributed by atoms with E-state index in [0.717, 1.165) is 31.8 Å². The Labute approximate surface area is 104 Å². The molecule has 3 heteroatoms. The van der Waals surface area contributed by atoms with Gasteiger partial charge in [-0.05, 0) is 38.3 Å². The molecule has 0 radical (unpaired) electrons. The van der Waals surface area contributed by atoms with Crippen LogP contribution in [0, 0.1) is 17.8 Å². The number of hydrogen-bond acceptors (Lipinski definition) is 2. The van der Waals surface area contributed by atoms with E-state index < -0.39 is 5.97 Å². The second-order valence-electron chi connectivity index (χ2n) is 6.00. The zero-order valence-corrected chi connectivity index (χ0v) is 10.9. The summed E-state index contributed by atoms with van der Waals surface area (Å²) in [6, 6.07) is 0. The molecule has 0 aromatic heterocycles. The highest BCUT2D eigenvalue weighted by atomic mass is 16.4. The second kappa shape index (κ2) is 5.85. The van der Waals surface area contributed by atoms with Gasteiger partial charge in [0.25, 0.3) is 0 Å². The lowest BCUT2D eigenvalue weighted by Crippen LogP contribution is -2.42. The Bertz CT molecular complexity index is 261. The molecule has 0 aromatic carbocycles. The Morgan fingerprint density at radius 3 is 2.59 bits per heavy atom. The van der Waals surface area contributed by atoms with Gasteiger partial charge >= 0.3 is 5.97 Å². The molecular formula is C14H25NO2. The van der Waals surface area contributed by atoms with Crippen LogP contribution in [0.3, 0.4) is 0 Å². The number of rotatable bonds is 3. The third-order valence-corrected chi connectivity index (χ3v) is 4.64. The van der Waals surface area contributed by atoms with Crippen LogP contribution in [-0.2, 0) is 4.79 Å². The van der Waals surface area contributed by atoms with Crippen molar-refractivity contribution in [3.05, 3.63) is 0 Å². The lowest BCUT2D eigenvalue weighted by Gasteiger charge is -2.37. The van der Waals surface area contributed by atoms with Crippen LogP contribution in [0.1, 0.15) is 44.9 Å². The lowest BCUT2D eigenvalue weighted by molar-refractivity contribution is -0.146. The van der Waals surface area contributed by atoms with Gasteiger partial charge in [0.05, 0.1) is 5.92 Å². The molecule has 1 aliphatic heterocycles. The summed E-state index contributed by atoms with van der Waals surface area (Å²) in [6.07, 6.45) is 8.99. The van der Waals surface area contributed by atoms with Crippen molar-refractivity contribution in [3.8, 4) is 0 Å². The third kappa shape index (κ3) is 3.44. The molecule has 0 bridgehead atoms. The summed E-state index contributed by atoms with van der Waals surface area (Å²) in [5, 5.41) is 9.33. The van der Waals surface area contributed by atoms with Gasteiger partial charge in [-0.3, -0.25) is 4.79 Å². The van der Waals surface area contributed by atoms with Crippen molar-refractivity contribution in [2.45, 2.75) is 44.9 Å². The average molecular weight is 239 g/mol. The Balaban J connectivity index is 1.90. The SMILES string of the molecule is CN1CCC(CC2CCCCC2)C(C(=O)O)C1. The summed E-state index contributed by atoms with van der Waals surface area (Å²) in [5.41, 5.74) is 0. The molecule has 98 valence electrons. The van der Waals surface area contributed by atoms with Crippen molar-refractivity contribution in [1.29, 1.82) is 0 Å². The van der Waals surface area contributed by atoms with Crippen LogP contribution in [0.4, 0.5) is 0 Å². The first-order valence-corrected chi connectivity index (χ1v) is 7.08. The standard InChI is InChI=1S/C14H25NO2/c1-15-8-7-12(13(10-15)14(16)17)9-11-5-3-2-4-6-11/h11-13H,2-10H2,1H3,(H,16,17). The molecule has 2 atom stereocenters. The van der Waals surface area contributed by atoms with Crippen LogP contribution in [0.25, 0.3) is 0 Å². The van der Waals surface area contributed by atoms with E-state index in [1.807, 2.05) is 7.05 Å². The van der Waals surface area contributed by atoms with Crippen molar-refractivity contribution in [1.82, 2.24) is 4.90 Å². The first-order valence-electron chi connectivity index (χ1n) is 7.08. The van der Waals surface area contributed by atoms with Gasteiger partial charge in [0, 0.05) is 6.54 Å². The maximum absolute atomic E-state index is 11.3. The first kappa shape index (κ1) is 12.9. The van der Waals surface area contributed by atoms with Crippen LogP contribution in [-0.4, -0.2) is 36.1 Å². The lowest BCUT2D eigenvalue weighted by atomic mass is 9.75. The number of aliphatic carboxylic acids is 1. The van der Waals surface area contributed by atoms with Gasteiger partial charge in [0.15, 0.2) is 0 Å². The summed E-state index contributed by atoms with van der Waals surface area (Å²) in [5.74, 6) is 0.513. The number of carbonyl (C=O) groups is 1. The van der Waals surface area contributed by atoms with E-state index in [-0.39, 0.29) is 5.92 Å². The molecule has 0 spiro atoms. The molecular weight excluding hydrogens is 214 g/mol. The van der Waals surface area contributed by atoms with E-state index in [1.165, 1.54) is 32.1 Å². The van der Waals surface area contributed by atoms with Gasteiger partial charge < -0.3 is 10.0 Å². The van der Waals surface area contributed by atoms with Gasteiger partial charge in [-0.1, -0.05) is 32.1 Å². The molecule has 0 aromatic rings. The van der Waals surface area contributed by atoms with Gasteiger partial charge in [-0.25, -0.2) is 0 Å². The fraction of sp³-hybridized carbons (Fsp3) is 0.929. The van der Waals surface area contributed by atoms with Crippen molar-refractivity contribution in [3.63, 3.8) is 0 Å². The highest BCUT2D eigenvalue weighted by molar-refractivity contribution is 5.70. The average Bonchev–Trinajstić information content (AvgIpc) is 2.32. The Morgan fingerprint density at radius 2 is 1.94 bits per heavy atom. The predicted octanol–water partition coefficient (Wildman–Crippen LogP) is 2.61. The topological polar surface area (TPSA) is 40.5 Å². The molecule has 1 saturated carbocycles. The number of nitrogens with zero attached hydrogens (tertiary/aromatic N) is 1. The van der Waals surface area contributed by atoms with E-state index in [0.29, 0.717) is 5.92 Å². The summed E-state index contributed by atoms with van der Waals surface area (Å²) in [7, 11) is 2.03. The van der Waals surface area contributed by atoms with Crippen molar-refractivity contribution in [2.24, 2.45) is 17.8 Å². The van der Waals surface area contributed by atoms with Crippen LogP contribution in [0.15, 0.2) is 0 Å². The smallest absolute Gasteiger partial charge is 0.308 e. The van der Waals surface area contributed by atoms with Crippen LogP contribution in [0.5, 0.6) is 0 Å². The fourth-order valence-electron chi connectivity index (χ4n) is 3.58. The number of carboxylic acids is 1. The molecule has 1 N–H and O–H groups in total. The molecule has 2 aliphatic rings. The molecule has 1 heterocycles. The van der Waals surface area contributed by atoms with Gasteiger partial charge in [-0.15, -0.1) is 0 Å². The fourth-order valence-corrected chi connectivity index (χ4v) is 3.58. The Hall–Kier alpha value is -0.570. The normalized spacial score (nSPS) is 32.5. The molecule has 2 rings (SSSR count). The molecule has 17 heavy (non-hydrogen) atoms. The molecule has 2 unspecified atom stereocenters. The van der Waals surface area contributed by atoms with E-state index in [2.05, 4.69) is 4.90 Å². The molecule has 2 fully saturated rings. The summed E-state index contributed by atoms with van der Waals surface area (Å²) in [4.78, 5) is 13.5. The predicted molar refractivity (Wildman–Crippen MR) is 67.9 cm³/mol. The quantitative estimate of drug-likeness (QED) is 0.823. The van der Waals surface area contributed by atoms with Gasteiger partial charge in [-0.2, -0.15) is 0 Å². The number of hydrogen-bond donors (Lipinski definition) is 1. The van der Waals surface area contributed by atoms with E-state index in [1.54, 1.807) is 0 Å². The Kier molecular flexibility index (Phi) is 4.43. The van der Waals surface area contributed by atoms with Gasteiger partial charge in [0.1, 0.15) is 0 Å². The molecule has 1 saturated heterocycles. The van der Waals surface area contributed by atoms with Crippen LogP contribution < -0.4 is 0 Å². The second-order valence-corrected chi connectivity index (χ2v) is 6.00. The van der Waals surface area contributed by atoms with E-state index >= 15 is 0 Å². The van der Waals surface area contributed by atoms with Crippen molar-refractivity contribution < 1.29 is 9.90 Å². The summed E-state index contributed by atoms with van der Waals surface area (Å²) >= 11 is 0. The van der Waals surface area contributed by atoms with Crippen LogP contribution >= 0.6 is 0 Å². The first-order chi connectivity index (χ1) is 8.16. The minimum Gasteiger partial charge on any atom is -0.481 e. The highest BCUT2D eigenvalue weighted by Gasteiger charge is 2.34. The zero-order valence-electron chi connectivity index (χ0n) is 10.9. The van der Waals surface area contributed by atoms with Crippen molar-refractivity contribution >= 4 is 5.97 Å². The molecule has 3 nitrogen and oxygen atoms in total. The minimum absolute atomic E-state index is 0.129. The van der Waals surface area contributed by atoms with E-state index in [4.69, 9.17) is 0 Å². The monoisotopic (exact) mass is 239 g/mol. The highest BCUT2D eigenvalue weighted by Crippen LogP contribution is 2.35. The summed E-state index contributed by atoms with van der Waals surface area (Å²) in [6.45, 7) is 1.81. The molecule has 1 aliphatic carbocycles. The van der Waals surface area contributed by atoms with Gasteiger partial charge in [0.2, 0.25) is 0 Å². The van der Waals surface area contributed by atoms with E-state index in [9.17, 15) is 9.90 Å². The zero-order chi connectivity index (χ0) is 12.3. The largest absolute Gasteiger partial charge is 0.481 e. The number of carboxylic acid groups (broad SMARTS) is 1. The molecule has 0 amide bonds. The Morgan fingerprint density at radius 1 is 1.24 bits per heavy atom. The summed E-state index contributed by atoms with van der Waals surface area (Å²) < 4.78 is 0. The van der Waals surface area contributed by atoms with Crippen LogP contribution in [0.2, 0.25) is 0 Å². The minimum atomic E-state index is -0.586. The number of piperidine rings is 1. The number of likely N-dealkylation sites (tertiary alicyclic amines) is 1. The van der Waals surface area contributed by atoms with Crippen molar-refractivity contribution in [2.75, 3.05) is 20.1 Å². The maximum atomic E-state index is 11.3.